The zero-order chi connectivity index (χ0) is 29.4. The van der Waals surface area contributed by atoms with Crippen LogP contribution in [0.15, 0.2) is 42.6 Å². The maximum absolute atomic E-state index is 13.7. The van der Waals surface area contributed by atoms with Crippen molar-refractivity contribution in [3.05, 3.63) is 53.7 Å². The first kappa shape index (κ1) is 30.4. The van der Waals surface area contributed by atoms with Gasteiger partial charge in [-0.2, -0.15) is 0 Å². The predicted octanol–water partition coefficient (Wildman–Crippen LogP) is 5.53. The van der Waals surface area contributed by atoms with Gasteiger partial charge in [-0.15, -0.1) is 5.10 Å². The average molecular weight is 563 g/mol. The van der Waals surface area contributed by atoms with Gasteiger partial charge in [-0.25, -0.2) is 4.52 Å². The highest BCUT2D eigenvalue weighted by Gasteiger charge is 2.23. The first-order chi connectivity index (χ1) is 19.7. The number of benzene rings is 1. The summed E-state index contributed by atoms with van der Waals surface area (Å²) < 4.78 is 1.64. The fourth-order valence-corrected chi connectivity index (χ4v) is 5.10. The van der Waals surface area contributed by atoms with Gasteiger partial charge in [0.05, 0.1) is 5.52 Å². The van der Waals surface area contributed by atoms with Crippen LogP contribution in [0.2, 0.25) is 0 Å². The molecule has 0 spiro atoms. The molecule has 0 unspecified atom stereocenters. The summed E-state index contributed by atoms with van der Waals surface area (Å²) in [5.41, 5.74) is 2.20. The summed E-state index contributed by atoms with van der Waals surface area (Å²) in [6.07, 6.45) is 7.28. The summed E-state index contributed by atoms with van der Waals surface area (Å²) >= 11 is 0. The van der Waals surface area contributed by atoms with Crippen molar-refractivity contribution in [1.29, 1.82) is 0 Å². The Morgan fingerprint density at radius 1 is 0.976 bits per heavy atom. The van der Waals surface area contributed by atoms with E-state index in [2.05, 4.69) is 48.3 Å². The lowest BCUT2D eigenvalue weighted by Crippen LogP contribution is -2.37. The van der Waals surface area contributed by atoms with Crippen molar-refractivity contribution < 1.29 is 14.7 Å². The molecule has 9 heteroatoms. The number of rotatable bonds is 13. The van der Waals surface area contributed by atoms with Gasteiger partial charge >= 0.3 is 0 Å². The van der Waals surface area contributed by atoms with Crippen molar-refractivity contribution in [1.82, 2.24) is 24.7 Å². The summed E-state index contributed by atoms with van der Waals surface area (Å²) in [5.74, 6) is 1.28. The summed E-state index contributed by atoms with van der Waals surface area (Å²) in [4.78, 5) is 31.7. The van der Waals surface area contributed by atoms with Gasteiger partial charge in [0.15, 0.2) is 5.82 Å². The molecule has 1 aliphatic rings. The van der Waals surface area contributed by atoms with Crippen LogP contribution in [0.1, 0.15) is 80.5 Å². The number of carbonyl (C=O) groups excluding carboxylic acids is 2. The molecule has 3 N–H and O–H groups in total. The summed E-state index contributed by atoms with van der Waals surface area (Å²) in [7, 11) is 0. The Kier molecular flexibility index (Phi) is 10.6. The van der Waals surface area contributed by atoms with Gasteiger partial charge in [0.1, 0.15) is 11.3 Å². The Labute approximate surface area is 243 Å². The van der Waals surface area contributed by atoms with Crippen LogP contribution in [0.3, 0.4) is 0 Å². The van der Waals surface area contributed by atoms with Crippen LogP contribution < -0.4 is 10.6 Å². The highest BCUT2D eigenvalue weighted by molar-refractivity contribution is 6.07. The molecular weight excluding hydrogens is 516 g/mol. The van der Waals surface area contributed by atoms with Gasteiger partial charge in [-0.3, -0.25) is 9.59 Å². The number of phenols is 1. The van der Waals surface area contributed by atoms with Crippen LogP contribution in [-0.4, -0.2) is 75.6 Å². The highest BCUT2D eigenvalue weighted by atomic mass is 16.3. The van der Waals surface area contributed by atoms with Gasteiger partial charge < -0.3 is 25.5 Å². The van der Waals surface area contributed by atoms with Crippen LogP contribution in [0.5, 0.6) is 5.75 Å². The Morgan fingerprint density at radius 2 is 1.63 bits per heavy atom. The van der Waals surface area contributed by atoms with Crippen molar-refractivity contribution >= 4 is 28.8 Å². The zero-order valence-corrected chi connectivity index (χ0v) is 25.0. The van der Waals surface area contributed by atoms with E-state index in [4.69, 9.17) is 0 Å². The van der Waals surface area contributed by atoms with E-state index in [1.54, 1.807) is 47.1 Å². The van der Waals surface area contributed by atoms with E-state index < -0.39 is 0 Å². The topological polar surface area (TPSA) is 102 Å². The molecule has 1 saturated heterocycles. The molecule has 0 bridgehead atoms. The Bertz CT molecular complexity index is 1280. The number of phenolic OH excluding ortho intramolecular Hbond substituents is 1. The third kappa shape index (κ3) is 8.45. The van der Waals surface area contributed by atoms with E-state index in [1.165, 1.54) is 19.3 Å². The Morgan fingerprint density at radius 3 is 2.27 bits per heavy atom. The van der Waals surface area contributed by atoms with Gasteiger partial charge in [0.25, 0.3) is 11.8 Å². The van der Waals surface area contributed by atoms with E-state index in [-0.39, 0.29) is 17.6 Å². The summed E-state index contributed by atoms with van der Waals surface area (Å²) in [6, 6.07) is 10.2. The number of carbonyl (C=O) groups is 2. The molecule has 2 amide bonds. The van der Waals surface area contributed by atoms with Crippen molar-refractivity contribution in [2.75, 3.05) is 44.6 Å². The molecule has 2 aromatic heterocycles. The van der Waals surface area contributed by atoms with Crippen molar-refractivity contribution in [2.45, 2.75) is 59.8 Å². The lowest BCUT2D eigenvalue weighted by molar-refractivity contribution is 0.0740. The third-order valence-electron chi connectivity index (χ3n) is 7.64. The number of amides is 2. The Balaban J connectivity index is 1.62. The molecule has 3 aromatic rings. The molecule has 222 valence electrons. The molecule has 0 aliphatic carbocycles. The molecular formula is C32H46N6O3. The smallest absolute Gasteiger partial charge is 0.257 e. The number of aromatic hydroxyl groups is 1. The van der Waals surface area contributed by atoms with Gasteiger partial charge in [0, 0.05) is 43.6 Å². The number of piperidine rings is 1. The largest absolute Gasteiger partial charge is 0.508 e. The Hall–Kier alpha value is -3.59. The SMILES string of the molecule is CC(C)CCN(CCC(C)C)C(=O)c1ccn2nc(Nc3ccc(O)cc3)c(C(=O)NCCN3CCCCC3)c2c1. The number of nitrogens with one attached hydrogen (secondary N) is 2. The van der Waals surface area contributed by atoms with Gasteiger partial charge in [-0.05, 0) is 87.0 Å². The van der Waals surface area contributed by atoms with Crippen molar-refractivity contribution in [2.24, 2.45) is 11.8 Å². The third-order valence-corrected chi connectivity index (χ3v) is 7.64. The maximum Gasteiger partial charge on any atom is 0.257 e. The standard InChI is InChI=1S/C32H46N6O3/c1-23(2)12-18-37(19-13-24(3)4)32(41)25-14-20-38-28(22-25)29(30(35-38)34-26-8-10-27(39)11-9-26)31(40)33-15-21-36-16-6-5-7-17-36/h8-11,14,20,22-24,39H,5-7,12-13,15-19,21H2,1-4H3,(H,33,40)(H,34,35). The minimum absolute atomic E-state index is 0.0282. The predicted molar refractivity (Wildman–Crippen MR) is 164 cm³/mol. The molecule has 9 nitrogen and oxygen atoms in total. The molecule has 0 radical (unpaired) electrons. The minimum Gasteiger partial charge on any atom is -0.508 e. The molecule has 0 atom stereocenters. The fraction of sp³-hybridized carbons (Fsp3) is 0.531. The van der Waals surface area contributed by atoms with E-state index in [1.807, 2.05) is 4.90 Å². The molecule has 41 heavy (non-hydrogen) atoms. The number of likely N-dealkylation sites (tertiary alicyclic amines) is 1. The van der Waals surface area contributed by atoms with Crippen LogP contribution in [0.4, 0.5) is 11.5 Å². The molecule has 4 rings (SSSR count). The van der Waals surface area contributed by atoms with E-state index in [0.717, 1.165) is 32.5 Å². The monoisotopic (exact) mass is 562 g/mol. The van der Waals surface area contributed by atoms with Gasteiger partial charge in [-0.1, -0.05) is 34.1 Å². The lowest BCUT2D eigenvalue weighted by Gasteiger charge is -2.26. The number of hydrogen-bond donors (Lipinski definition) is 3. The second-order valence-corrected chi connectivity index (χ2v) is 12.0. The number of anilines is 2. The first-order valence-electron chi connectivity index (χ1n) is 15.1. The average Bonchev–Trinajstić information content (AvgIpc) is 3.31. The van der Waals surface area contributed by atoms with E-state index >= 15 is 0 Å². The number of nitrogens with zero attached hydrogens (tertiary/aromatic N) is 4. The fourth-order valence-electron chi connectivity index (χ4n) is 5.10. The number of fused-ring (bicyclic) bond motifs is 1. The minimum atomic E-state index is -0.237. The van der Waals surface area contributed by atoms with Crippen LogP contribution in [0.25, 0.3) is 5.52 Å². The van der Waals surface area contributed by atoms with Crippen LogP contribution >= 0.6 is 0 Å². The lowest BCUT2D eigenvalue weighted by atomic mass is 10.1. The molecule has 1 aliphatic heterocycles. The quantitative estimate of drug-likeness (QED) is 0.237. The first-order valence-corrected chi connectivity index (χ1v) is 15.1. The second kappa shape index (κ2) is 14.3. The normalized spacial score (nSPS) is 14.1. The van der Waals surface area contributed by atoms with Crippen molar-refractivity contribution in [3.8, 4) is 5.75 Å². The van der Waals surface area contributed by atoms with Gasteiger partial charge in [0.2, 0.25) is 0 Å². The number of pyridine rings is 1. The van der Waals surface area contributed by atoms with Crippen LogP contribution in [0, 0.1) is 11.8 Å². The molecule has 3 heterocycles. The van der Waals surface area contributed by atoms with Crippen molar-refractivity contribution in [3.63, 3.8) is 0 Å². The zero-order valence-electron chi connectivity index (χ0n) is 25.0. The molecule has 0 saturated carbocycles. The van der Waals surface area contributed by atoms with Crippen LogP contribution in [-0.2, 0) is 0 Å². The molecule has 1 fully saturated rings. The summed E-state index contributed by atoms with van der Waals surface area (Å²) in [5, 5.41) is 20.7. The molecule has 1 aromatic carbocycles. The van der Waals surface area contributed by atoms with E-state index in [9.17, 15) is 14.7 Å². The second-order valence-electron chi connectivity index (χ2n) is 12.0. The number of aromatic nitrogens is 2. The number of hydrogen-bond acceptors (Lipinski definition) is 6. The highest BCUT2D eigenvalue weighted by Crippen LogP contribution is 2.26. The summed E-state index contributed by atoms with van der Waals surface area (Å²) in [6.45, 7) is 13.5. The maximum atomic E-state index is 13.7. The van der Waals surface area contributed by atoms with E-state index in [0.29, 0.717) is 59.6 Å².